The Hall–Kier alpha value is -2.01. The first-order valence-electron chi connectivity index (χ1n) is 14.9. The van der Waals surface area contributed by atoms with Crippen molar-refractivity contribution in [2.24, 2.45) is 0 Å². The average Bonchev–Trinajstić information content (AvgIpc) is 3.09. The molecule has 8 nitrogen and oxygen atoms in total. The molecule has 2 aliphatic heterocycles. The summed E-state index contributed by atoms with van der Waals surface area (Å²) in [6.07, 6.45) is 3.71. The van der Waals surface area contributed by atoms with Gasteiger partial charge in [0.2, 0.25) is 0 Å². The zero-order valence-corrected chi connectivity index (χ0v) is 27.5. The van der Waals surface area contributed by atoms with Crippen molar-refractivity contribution >= 4 is 5.97 Å². The molecule has 0 aromatic heterocycles. The molecule has 2 aliphatic rings. The van der Waals surface area contributed by atoms with Gasteiger partial charge in [-0.2, -0.15) is 0 Å². The van der Waals surface area contributed by atoms with Crippen LogP contribution in [-0.4, -0.2) is 80.8 Å². The van der Waals surface area contributed by atoms with Crippen molar-refractivity contribution in [2.75, 3.05) is 20.2 Å². The third-order valence-corrected chi connectivity index (χ3v) is 9.03. The van der Waals surface area contributed by atoms with Gasteiger partial charge in [0.25, 0.3) is 0 Å². The highest BCUT2D eigenvalue weighted by atomic mass is 79.9. The minimum atomic E-state index is -0.653. The van der Waals surface area contributed by atoms with Crippen LogP contribution in [0.3, 0.4) is 0 Å². The molecule has 0 spiro atoms. The first kappa shape index (κ1) is 36.2. The fraction of sp³-hybridized carbons (Fsp3) is 0.606. The van der Waals surface area contributed by atoms with Crippen LogP contribution in [0.5, 0.6) is 5.75 Å². The quantitative estimate of drug-likeness (QED) is 0.204. The van der Waals surface area contributed by atoms with Crippen LogP contribution in [-0.2, 0) is 16.1 Å². The van der Waals surface area contributed by atoms with Gasteiger partial charge < -0.3 is 51.9 Å². The van der Waals surface area contributed by atoms with E-state index in [1.165, 1.54) is 18.9 Å². The molecule has 2 saturated heterocycles. The summed E-state index contributed by atoms with van der Waals surface area (Å²) in [5.74, 6) is -0.808. The van der Waals surface area contributed by atoms with Gasteiger partial charge in [0.1, 0.15) is 17.8 Å². The molecule has 2 heterocycles. The van der Waals surface area contributed by atoms with Gasteiger partial charge in [-0.05, 0) is 57.9 Å². The SMILES string of the molecule is CC(C)(C)NC[C@H](O)c1ccc(O)c(CO)c1.CC(C)[N+]1(C)[C@@H]2CC[C@H]1CC(OC(=O)C(CO)c1ccccc1)C2.[Br-]. The van der Waals surface area contributed by atoms with E-state index in [2.05, 4.69) is 26.2 Å². The molecule has 42 heavy (non-hydrogen) atoms. The topological polar surface area (TPSA) is 119 Å². The number of fused-ring (bicyclic) bond motifs is 2. The number of piperidine rings is 1. The van der Waals surface area contributed by atoms with E-state index in [4.69, 9.17) is 9.84 Å². The lowest BCUT2D eigenvalue weighted by atomic mass is 9.94. The molecule has 9 heteroatoms. The van der Waals surface area contributed by atoms with Gasteiger partial charge in [-0.15, -0.1) is 0 Å². The Kier molecular flexibility index (Phi) is 13.5. The number of nitrogens with zero attached hydrogens (tertiary/aromatic N) is 1. The summed E-state index contributed by atoms with van der Waals surface area (Å²) in [5.41, 5.74) is 1.88. The van der Waals surface area contributed by atoms with Crippen molar-refractivity contribution in [3.63, 3.8) is 0 Å². The number of hydrogen-bond donors (Lipinski definition) is 5. The Morgan fingerprint density at radius 1 is 1.02 bits per heavy atom. The van der Waals surface area contributed by atoms with Gasteiger partial charge >= 0.3 is 5.97 Å². The minimum Gasteiger partial charge on any atom is -1.00 e. The summed E-state index contributed by atoms with van der Waals surface area (Å²) >= 11 is 0. The number of aliphatic hydroxyl groups excluding tert-OH is 3. The van der Waals surface area contributed by atoms with Gasteiger partial charge in [0.15, 0.2) is 0 Å². The lowest BCUT2D eigenvalue weighted by Crippen LogP contribution is -3.00. The molecule has 2 aromatic carbocycles. The maximum absolute atomic E-state index is 12.6. The Morgan fingerprint density at radius 3 is 2.12 bits per heavy atom. The Labute approximate surface area is 262 Å². The first-order chi connectivity index (χ1) is 19.3. The first-order valence-corrected chi connectivity index (χ1v) is 14.9. The van der Waals surface area contributed by atoms with Crippen LogP contribution in [0.2, 0.25) is 0 Å². The number of hydrogen-bond acceptors (Lipinski definition) is 7. The molecule has 2 fully saturated rings. The molecule has 2 aromatic rings. The van der Waals surface area contributed by atoms with Crippen LogP contribution < -0.4 is 22.3 Å². The summed E-state index contributed by atoms with van der Waals surface area (Å²) in [5, 5.41) is 41.3. The standard InChI is InChI=1S/C20H30NO3.C13H21NO3.BrH/c1-14(2)21(3)16-9-10-17(21)12-18(11-16)24-20(23)19(13-22)15-7-5-4-6-8-15;1-13(2,3)14-7-12(17)9-4-5-11(16)10(6-9)8-15;/h4-8,14,16-19,22H,9-13H2,1-3H3;4-6,12,14-17H,7-8H2,1-3H3;1H/q+1;;/p-1/t16-,17+,18?,19?,21?;12-;/m.0./s1. The van der Waals surface area contributed by atoms with E-state index >= 15 is 0 Å². The fourth-order valence-electron chi connectivity index (χ4n) is 6.28. The predicted molar refractivity (Wildman–Crippen MR) is 160 cm³/mol. The second-order valence-corrected chi connectivity index (χ2v) is 13.1. The van der Waals surface area contributed by atoms with Crippen LogP contribution in [0.25, 0.3) is 0 Å². The molecule has 0 radical (unpaired) electrons. The van der Waals surface area contributed by atoms with E-state index in [0.717, 1.165) is 22.9 Å². The summed E-state index contributed by atoms with van der Waals surface area (Å²) < 4.78 is 6.96. The number of carbonyl (C=O) groups excluding carboxylic acids is 1. The van der Waals surface area contributed by atoms with Crippen LogP contribution in [0.4, 0.5) is 0 Å². The molecular weight excluding hydrogens is 600 g/mol. The number of quaternary nitrogens is 1. The summed E-state index contributed by atoms with van der Waals surface area (Å²) in [6.45, 7) is 10.7. The Morgan fingerprint density at radius 2 is 1.62 bits per heavy atom. The average molecular weight is 652 g/mol. The number of nitrogens with one attached hydrogen (secondary N) is 1. The largest absolute Gasteiger partial charge is 1.00 e. The Bertz CT molecular complexity index is 1110. The smallest absolute Gasteiger partial charge is 0.316 e. The molecule has 3 unspecified atom stereocenters. The van der Waals surface area contributed by atoms with E-state index in [1.807, 2.05) is 51.1 Å². The van der Waals surface area contributed by atoms with Crippen LogP contribution in [0.15, 0.2) is 48.5 Å². The highest BCUT2D eigenvalue weighted by Crippen LogP contribution is 2.44. The van der Waals surface area contributed by atoms with Gasteiger partial charge in [-0.25, -0.2) is 0 Å². The third-order valence-electron chi connectivity index (χ3n) is 9.03. The molecular formula is C33H51BrN2O6. The number of aromatic hydroxyl groups is 1. The highest BCUT2D eigenvalue weighted by molar-refractivity contribution is 5.78. The molecule has 2 bridgehead atoms. The zero-order valence-electron chi connectivity index (χ0n) is 26.0. The highest BCUT2D eigenvalue weighted by Gasteiger charge is 2.53. The molecule has 4 rings (SSSR count). The van der Waals surface area contributed by atoms with Gasteiger partial charge in [0, 0.05) is 43.3 Å². The van der Waals surface area contributed by atoms with Crippen molar-refractivity contribution in [3.05, 3.63) is 65.2 Å². The molecule has 0 aliphatic carbocycles. The lowest BCUT2D eigenvalue weighted by Gasteiger charge is -2.49. The Balaban J connectivity index is 0.000000305. The van der Waals surface area contributed by atoms with E-state index in [-0.39, 0.29) is 53.6 Å². The maximum Gasteiger partial charge on any atom is 0.316 e. The lowest BCUT2D eigenvalue weighted by molar-refractivity contribution is -0.968. The van der Waals surface area contributed by atoms with Crippen molar-refractivity contribution in [2.45, 2.75) is 109 Å². The van der Waals surface area contributed by atoms with Crippen LogP contribution in [0.1, 0.15) is 89.0 Å². The fourth-order valence-corrected chi connectivity index (χ4v) is 6.28. The molecule has 236 valence electrons. The van der Waals surface area contributed by atoms with E-state index in [9.17, 15) is 20.1 Å². The second-order valence-electron chi connectivity index (χ2n) is 13.1. The van der Waals surface area contributed by atoms with Crippen LogP contribution in [0, 0.1) is 0 Å². The summed E-state index contributed by atoms with van der Waals surface area (Å²) in [6, 6.07) is 16.0. The summed E-state index contributed by atoms with van der Waals surface area (Å²) in [4.78, 5) is 12.6. The number of rotatable bonds is 9. The molecule has 5 N–H and O–H groups in total. The van der Waals surface area contributed by atoms with Crippen molar-refractivity contribution < 1.29 is 51.4 Å². The number of esters is 1. The molecule has 0 amide bonds. The normalized spacial score (nSPS) is 24.7. The second kappa shape index (κ2) is 15.6. The van der Waals surface area contributed by atoms with Gasteiger partial charge in [0.05, 0.1) is 44.5 Å². The molecule has 0 saturated carbocycles. The minimum absolute atomic E-state index is 0. The van der Waals surface area contributed by atoms with Crippen molar-refractivity contribution in [1.82, 2.24) is 5.32 Å². The van der Waals surface area contributed by atoms with E-state index in [0.29, 0.717) is 35.8 Å². The van der Waals surface area contributed by atoms with Gasteiger partial charge in [-0.1, -0.05) is 36.4 Å². The number of benzene rings is 2. The summed E-state index contributed by atoms with van der Waals surface area (Å²) in [7, 11) is 2.37. The van der Waals surface area contributed by atoms with E-state index < -0.39 is 12.0 Å². The monoisotopic (exact) mass is 650 g/mol. The number of ether oxygens (including phenoxy) is 1. The molecule has 6 atom stereocenters. The third kappa shape index (κ3) is 9.00. The van der Waals surface area contributed by atoms with Crippen molar-refractivity contribution in [3.8, 4) is 5.75 Å². The number of β-amino-alcohol motifs (C(OH)–C–C–N with tert-alkyl or cyclic N) is 1. The maximum atomic E-state index is 12.6. The van der Waals surface area contributed by atoms with Crippen LogP contribution >= 0.6 is 0 Å². The zero-order chi connectivity index (χ0) is 30.4. The van der Waals surface area contributed by atoms with Gasteiger partial charge in [-0.3, -0.25) is 4.79 Å². The predicted octanol–water partition coefficient (Wildman–Crippen LogP) is 1.16. The number of aliphatic hydroxyl groups is 3. The number of phenols is 1. The van der Waals surface area contributed by atoms with E-state index in [1.54, 1.807) is 12.1 Å². The number of halogens is 1. The number of carbonyl (C=O) groups is 1. The van der Waals surface area contributed by atoms with Crippen molar-refractivity contribution in [1.29, 1.82) is 0 Å².